The Bertz CT molecular complexity index is 1090. The van der Waals surface area contributed by atoms with Crippen molar-refractivity contribution in [2.45, 2.75) is 57.0 Å². The molecular weight excluding hydrogens is 456 g/mol. The zero-order chi connectivity index (χ0) is 24.5. The number of carbonyl (C=O) groups is 1. The van der Waals surface area contributed by atoms with Crippen molar-refractivity contribution in [3.8, 4) is 0 Å². The number of morpholine rings is 2. The Morgan fingerprint density at radius 1 is 0.882 bits per heavy atom. The second kappa shape index (κ2) is 9.99. The first-order chi connectivity index (χ1) is 16.1. The lowest BCUT2D eigenvalue weighted by Crippen LogP contribution is -2.48. The molecule has 2 aromatic rings. The van der Waals surface area contributed by atoms with Gasteiger partial charge in [-0.3, -0.25) is 4.79 Å². The van der Waals surface area contributed by atoms with E-state index in [2.05, 4.69) is 15.2 Å². The van der Waals surface area contributed by atoms with Crippen molar-refractivity contribution in [1.82, 2.24) is 9.29 Å². The van der Waals surface area contributed by atoms with E-state index in [9.17, 15) is 13.2 Å². The summed E-state index contributed by atoms with van der Waals surface area (Å²) in [6.45, 7) is 9.93. The molecule has 34 heavy (non-hydrogen) atoms. The molecule has 184 valence electrons. The summed E-state index contributed by atoms with van der Waals surface area (Å²) in [5.41, 5.74) is 0.929. The van der Waals surface area contributed by atoms with Crippen LogP contribution in [0.4, 0.5) is 11.5 Å². The van der Waals surface area contributed by atoms with Gasteiger partial charge in [0.2, 0.25) is 10.0 Å². The average molecular weight is 489 g/mol. The molecule has 9 nitrogen and oxygen atoms in total. The fraction of sp³-hybridized carbons (Fsp3) is 0.500. The Labute approximate surface area is 201 Å². The first kappa shape index (κ1) is 24.6. The van der Waals surface area contributed by atoms with Gasteiger partial charge in [-0.05, 0) is 64.1 Å². The van der Waals surface area contributed by atoms with Gasteiger partial charge in [-0.2, -0.15) is 4.31 Å². The van der Waals surface area contributed by atoms with E-state index in [0.717, 1.165) is 18.9 Å². The van der Waals surface area contributed by atoms with Crippen LogP contribution < -0.4 is 10.2 Å². The van der Waals surface area contributed by atoms with E-state index in [-0.39, 0.29) is 35.2 Å². The molecule has 0 radical (unpaired) electrons. The van der Waals surface area contributed by atoms with E-state index in [1.54, 1.807) is 6.20 Å². The van der Waals surface area contributed by atoms with Crippen LogP contribution in [0.1, 0.15) is 38.1 Å². The summed E-state index contributed by atoms with van der Waals surface area (Å²) in [5, 5.41) is 2.82. The van der Waals surface area contributed by atoms with Crippen LogP contribution in [0.15, 0.2) is 47.5 Å². The lowest BCUT2D eigenvalue weighted by molar-refractivity contribution is -0.0440. The summed E-state index contributed by atoms with van der Waals surface area (Å²) < 4.78 is 38.8. The summed E-state index contributed by atoms with van der Waals surface area (Å²) in [4.78, 5) is 19.5. The van der Waals surface area contributed by atoms with Crippen LogP contribution in [0, 0.1) is 0 Å². The Morgan fingerprint density at radius 2 is 1.44 bits per heavy atom. The second-order valence-corrected chi connectivity index (χ2v) is 11.1. The van der Waals surface area contributed by atoms with Crippen molar-refractivity contribution >= 4 is 27.4 Å². The maximum atomic E-state index is 13.0. The number of amides is 1. The number of aromatic nitrogens is 1. The largest absolute Gasteiger partial charge is 0.373 e. The van der Waals surface area contributed by atoms with Gasteiger partial charge in [-0.25, -0.2) is 13.4 Å². The molecule has 1 aromatic carbocycles. The van der Waals surface area contributed by atoms with Gasteiger partial charge >= 0.3 is 0 Å². The van der Waals surface area contributed by atoms with Gasteiger partial charge in [0.1, 0.15) is 5.82 Å². The van der Waals surface area contributed by atoms with Crippen molar-refractivity contribution in [3.05, 3.63) is 48.2 Å². The van der Waals surface area contributed by atoms with Gasteiger partial charge in [0.15, 0.2) is 0 Å². The SMILES string of the molecule is CC1CN(c2ccc(NC(=O)c3ccc(S(=O)(=O)N4CC(C)OC(C)C4)cc3)cn2)CC(C)O1. The van der Waals surface area contributed by atoms with Gasteiger partial charge in [-0.15, -0.1) is 0 Å². The summed E-state index contributed by atoms with van der Waals surface area (Å²) in [7, 11) is -3.65. The molecule has 1 N–H and O–H groups in total. The molecule has 10 heteroatoms. The quantitative estimate of drug-likeness (QED) is 0.691. The lowest BCUT2D eigenvalue weighted by Gasteiger charge is -2.36. The van der Waals surface area contributed by atoms with Crippen LogP contribution in [-0.4, -0.2) is 74.2 Å². The molecule has 2 saturated heterocycles. The Kier molecular flexibility index (Phi) is 7.22. The molecule has 2 aliphatic heterocycles. The summed E-state index contributed by atoms with van der Waals surface area (Å²) in [5.74, 6) is 0.502. The highest BCUT2D eigenvalue weighted by Gasteiger charge is 2.32. The zero-order valence-electron chi connectivity index (χ0n) is 20.0. The fourth-order valence-corrected chi connectivity index (χ4v) is 6.06. The predicted octanol–water partition coefficient (Wildman–Crippen LogP) is 2.75. The molecule has 4 rings (SSSR count). The van der Waals surface area contributed by atoms with Gasteiger partial charge in [0.25, 0.3) is 5.91 Å². The van der Waals surface area contributed by atoms with Gasteiger partial charge in [0, 0.05) is 31.7 Å². The molecule has 0 spiro atoms. The highest BCUT2D eigenvalue weighted by atomic mass is 32.2. The fourth-order valence-electron chi connectivity index (χ4n) is 4.47. The van der Waals surface area contributed by atoms with Crippen molar-refractivity contribution in [1.29, 1.82) is 0 Å². The van der Waals surface area contributed by atoms with Gasteiger partial charge in [0.05, 0.1) is 41.2 Å². The first-order valence-electron chi connectivity index (χ1n) is 11.6. The summed E-state index contributed by atoms with van der Waals surface area (Å²) in [6.07, 6.45) is 1.55. The zero-order valence-corrected chi connectivity index (χ0v) is 20.8. The topological polar surface area (TPSA) is 101 Å². The first-order valence-corrected chi connectivity index (χ1v) is 13.0. The molecule has 4 atom stereocenters. The molecular formula is C24H32N4O5S. The number of hydrogen-bond donors (Lipinski definition) is 1. The second-order valence-electron chi connectivity index (χ2n) is 9.13. The number of nitrogens with zero attached hydrogens (tertiary/aromatic N) is 3. The maximum absolute atomic E-state index is 13.0. The van der Waals surface area contributed by atoms with Crippen LogP contribution in [0.3, 0.4) is 0 Å². The molecule has 2 aliphatic rings. The van der Waals surface area contributed by atoms with Crippen molar-refractivity contribution in [2.75, 3.05) is 36.4 Å². The molecule has 1 aromatic heterocycles. The summed E-state index contributed by atoms with van der Waals surface area (Å²) in [6, 6.07) is 9.67. The molecule has 0 saturated carbocycles. The Balaban J connectivity index is 1.40. The van der Waals surface area contributed by atoms with E-state index in [1.807, 2.05) is 39.8 Å². The standard InChI is InChI=1S/C24H32N4O5S/c1-16-12-27(13-17(2)32-16)23-10-7-21(11-25-23)26-24(29)20-5-8-22(9-6-20)34(30,31)28-14-18(3)33-19(4)15-28/h5-11,16-19H,12-15H2,1-4H3,(H,26,29). The maximum Gasteiger partial charge on any atom is 0.255 e. The van der Waals surface area contributed by atoms with E-state index in [4.69, 9.17) is 9.47 Å². The lowest BCUT2D eigenvalue weighted by atomic mass is 10.2. The molecule has 0 bridgehead atoms. The van der Waals surface area contributed by atoms with E-state index >= 15 is 0 Å². The number of rotatable bonds is 5. The number of ether oxygens (including phenoxy) is 2. The minimum atomic E-state index is -3.65. The predicted molar refractivity (Wildman–Crippen MR) is 130 cm³/mol. The van der Waals surface area contributed by atoms with Crippen molar-refractivity contribution < 1.29 is 22.7 Å². The average Bonchev–Trinajstić information content (AvgIpc) is 2.78. The highest BCUT2D eigenvalue weighted by Crippen LogP contribution is 2.23. The molecule has 2 fully saturated rings. The molecule has 0 aliphatic carbocycles. The minimum Gasteiger partial charge on any atom is -0.373 e. The van der Waals surface area contributed by atoms with Crippen LogP contribution in [-0.2, 0) is 19.5 Å². The Morgan fingerprint density at radius 3 is 1.97 bits per heavy atom. The van der Waals surface area contributed by atoms with Crippen LogP contribution in [0.2, 0.25) is 0 Å². The number of nitrogens with one attached hydrogen (secondary N) is 1. The highest BCUT2D eigenvalue weighted by molar-refractivity contribution is 7.89. The third-order valence-electron chi connectivity index (χ3n) is 5.89. The Hall–Kier alpha value is -2.53. The smallest absolute Gasteiger partial charge is 0.255 e. The number of pyridine rings is 1. The third-order valence-corrected chi connectivity index (χ3v) is 7.74. The van der Waals surface area contributed by atoms with E-state index in [0.29, 0.717) is 24.3 Å². The van der Waals surface area contributed by atoms with E-state index < -0.39 is 10.0 Å². The van der Waals surface area contributed by atoms with Crippen molar-refractivity contribution in [2.24, 2.45) is 0 Å². The number of carbonyl (C=O) groups excluding carboxylic acids is 1. The van der Waals surface area contributed by atoms with Gasteiger partial charge < -0.3 is 19.7 Å². The molecule has 4 unspecified atom stereocenters. The number of hydrogen-bond acceptors (Lipinski definition) is 7. The molecule has 3 heterocycles. The number of sulfonamides is 1. The van der Waals surface area contributed by atoms with Crippen LogP contribution in [0.5, 0.6) is 0 Å². The minimum absolute atomic E-state index is 0.131. The number of benzene rings is 1. The van der Waals surface area contributed by atoms with Crippen LogP contribution in [0.25, 0.3) is 0 Å². The third kappa shape index (κ3) is 5.57. The summed E-state index contributed by atoms with van der Waals surface area (Å²) >= 11 is 0. The van der Waals surface area contributed by atoms with Crippen molar-refractivity contribution in [3.63, 3.8) is 0 Å². The monoisotopic (exact) mass is 488 g/mol. The van der Waals surface area contributed by atoms with E-state index in [1.165, 1.54) is 28.6 Å². The van der Waals surface area contributed by atoms with Gasteiger partial charge in [-0.1, -0.05) is 0 Å². The van der Waals surface area contributed by atoms with Crippen LogP contribution >= 0.6 is 0 Å². The molecule has 1 amide bonds. The number of anilines is 2. The normalized spacial score (nSPS) is 26.3.